The van der Waals surface area contributed by atoms with Crippen LogP contribution in [0.25, 0.3) is 0 Å². The number of hydrogen-bond acceptors (Lipinski definition) is 3. The van der Waals surface area contributed by atoms with Crippen molar-refractivity contribution in [2.24, 2.45) is 11.8 Å². The first-order chi connectivity index (χ1) is 4.88. The molecular formula is C7H12N2O. The lowest BCUT2D eigenvalue weighted by Gasteiger charge is -2.05. The summed E-state index contributed by atoms with van der Waals surface area (Å²) < 4.78 is 0. The second kappa shape index (κ2) is 3.55. The Morgan fingerprint density at radius 3 is 2.90 bits per heavy atom. The Labute approximate surface area is 60.9 Å². The van der Waals surface area contributed by atoms with Gasteiger partial charge in [-0.1, -0.05) is 0 Å². The minimum atomic E-state index is 0.153. The van der Waals surface area contributed by atoms with E-state index in [2.05, 4.69) is 16.4 Å². The van der Waals surface area contributed by atoms with Crippen LogP contribution in [-0.2, 0) is 4.84 Å². The van der Waals surface area contributed by atoms with E-state index in [0.29, 0.717) is 12.5 Å². The maximum atomic E-state index is 8.62. The van der Waals surface area contributed by atoms with Crippen LogP contribution in [0.3, 0.4) is 0 Å². The van der Waals surface area contributed by atoms with Crippen molar-refractivity contribution in [1.82, 2.24) is 5.48 Å². The Balaban J connectivity index is 2.15. The number of hydroxylamine groups is 1. The lowest BCUT2D eigenvalue weighted by Crippen LogP contribution is -2.21. The second-order valence-corrected chi connectivity index (χ2v) is 2.63. The van der Waals surface area contributed by atoms with Gasteiger partial charge in [0.05, 0.1) is 19.1 Å². The largest absolute Gasteiger partial charge is 0.305 e. The Bertz CT molecular complexity index is 137. The normalized spacial score (nSPS) is 20.0. The summed E-state index contributed by atoms with van der Waals surface area (Å²) in [6.45, 7) is 0.664. The highest BCUT2D eigenvalue weighted by Gasteiger charge is 2.30. The van der Waals surface area contributed by atoms with Crippen molar-refractivity contribution in [3.8, 4) is 6.07 Å². The maximum Gasteiger partial charge on any atom is 0.0673 e. The van der Waals surface area contributed by atoms with E-state index in [9.17, 15) is 0 Å². The number of hydrogen-bond donors (Lipinski definition) is 1. The molecule has 0 aromatic carbocycles. The summed E-state index contributed by atoms with van der Waals surface area (Å²) in [7, 11) is 1.57. The predicted molar refractivity (Wildman–Crippen MR) is 36.8 cm³/mol. The SMILES string of the molecule is CONCC(C#N)C1CC1. The van der Waals surface area contributed by atoms with Crippen LogP contribution in [0.1, 0.15) is 12.8 Å². The van der Waals surface area contributed by atoms with E-state index in [1.807, 2.05) is 0 Å². The number of nitriles is 1. The quantitative estimate of drug-likeness (QED) is 0.584. The zero-order chi connectivity index (χ0) is 7.40. The van der Waals surface area contributed by atoms with E-state index in [0.717, 1.165) is 0 Å². The minimum Gasteiger partial charge on any atom is -0.305 e. The molecule has 3 heteroatoms. The monoisotopic (exact) mass is 140 g/mol. The van der Waals surface area contributed by atoms with Crippen LogP contribution in [0, 0.1) is 23.2 Å². The van der Waals surface area contributed by atoms with Crippen LogP contribution in [0.15, 0.2) is 0 Å². The average molecular weight is 140 g/mol. The molecule has 1 fully saturated rings. The van der Waals surface area contributed by atoms with E-state index in [4.69, 9.17) is 5.26 Å². The molecule has 1 rings (SSSR count). The van der Waals surface area contributed by atoms with Gasteiger partial charge in [-0.3, -0.25) is 0 Å². The molecule has 0 spiro atoms. The molecule has 0 aromatic rings. The van der Waals surface area contributed by atoms with E-state index in [1.54, 1.807) is 7.11 Å². The highest BCUT2D eigenvalue weighted by Crippen LogP contribution is 2.35. The van der Waals surface area contributed by atoms with Crippen LogP contribution in [0.2, 0.25) is 0 Å². The van der Waals surface area contributed by atoms with E-state index in [1.165, 1.54) is 12.8 Å². The van der Waals surface area contributed by atoms with Crippen LogP contribution < -0.4 is 5.48 Å². The fourth-order valence-electron chi connectivity index (χ4n) is 0.989. The maximum absolute atomic E-state index is 8.62. The lowest BCUT2D eigenvalue weighted by molar-refractivity contribution is 0.0830. The molecule has 0 bridgehead atoms. The molecule has 1 N–H and O–H groups in total. The Morgan fingerprint density at radius 1 is 1.80 bits per heavy atom. The fraction of sp³-hybridized carbons (Fsp3) is 0.857. The third-order valence-corrected chi connectivity index (χ3v) is 1.80. The number of nitrogens with one attached hydrogen (secondary N) is 1. The van der Waals surface area contributed by atoms with Gasteiger partial charge in [-0.2, -0.15) is 5.26 Å². The Kier molecular flexibility index (Phi) is 2.67. The van der Waals surface area contributed by atoms with E-state index >= 15 is 0 Å². The second-order valence-electron chi connectivity index (χ2n) is 2.63. The molecule has 1 unspecified atom stereocenters. The van der Waals surface area contributed by atoms with Gasteiger partial charge in [-0.15, -0.1) is 0 Å². The Morgan fingerprint density at radius 2 is 2.50 bits per heavy atom. The standard InChI is InChI=1S/C7H12N2O/c1-10-9-5-7(4-8)6-2-3-6/h6-7,9H,2-3,5H2,1H3. The molecule has 0 aliphatic heterocycles. The molecule has 1 saturated carbocycles. The van der Waals surface area contributed by atoms with Gasteiger partial charge in [0.15, 0.2) is 0 Å². The van der Waals surface area contributed by atoms with Gasteiger partial charge in [-0.25, -0.2) is 5.48 Å². The lowest BCUT2D eigenvalue weighted by atomic mass is 10.1. The smallest absolute Gasteiger partial charge is 0.0673 e. The van der Waals surface area contributed by atoms with Gasteiger partial charge in [0.2, 0.25) is 0 Å². The van der Waals surface area contributed by atoms with Crippen LogP contribution in [0.5, 0.6) is 0 Å². The summed E-state index contributed by atoms with van der Waals surface area (Å²) in [5, 5.41) is 8.62. The topological polar surface area (TPSA) is 45.0 Å². The summed E-state index contributed by atoms with van der Waals surface area (Å²) in [5.41, 5.74) is 2.70. The van der Waals surface area contributed by atoms with Gasteiger partial charge >= 0.3 is 0 Å². The molecule has 0 aromatic heterocycles. The molecule has 1 aliphatic rings. The van der Waals surface area contributed by atoms with Crippen LogP contribution in [-0.4, -0.2) is 13.7 Å². The zero-order valence-corrected chi connectivity index (χ0v) is 6.13. The third-order valence-electron chi connectivity index (χ3n) is 1.80. The van der Waals surface area contributed by atoms with E-state index < -0.39 is 0 Å². The summed E-state index contributed by atoms with van der Waals surface area (Å²) in [6, 6.07) is 2.26. The van der Waals surface area contributed by atoms with Crippen LogP contribution in [0.4, 0.5) is 0 Å². The molecule has 1 atom stereocenters. The minimum absolute atomic E-state index is 0.153. The first kappa shape index (κ1) is 7.52. The van der Waals surface area contributed by atoms with Crippen molar-refractivity contribution in [1.29, 1.82) is 5.26 Å². The average Bonchev–Trinajstić information content (AvgIpc) is 2.73. The third kappa shape index (κ3) is 1.98. The molecule has 1 aliphatic carbocycles. The summed E-state index contributed by atoms with van der Waals surface area (Å²) in [6.07, 6.45) is 2.42. The van der Waals surface area contributed by atoms with Gasteiger partial charge in [-0.05, 0) is 18.8 Å². The van der Waals surface area contributed by atoms with Crippen molar-refractivity contribution in [2.45, 2.75) is 12.8 Å². The first-order valence-electron chi connectivity index (χ1n) is 3.54. The van der Waals surface area contributed by atoms with Gasteiger partial charge in [0.25, 0.3) is 0 Å². The molecule has 3 nitrogen and oxygen atoms in total. The van der Waals surface area contributed by atoms with Gasteiger partial charge in [0.1, 0.15) is 0 Å². The zero-order valence-electron chi connectivity index (χ0n) is 6.13. The predicted octanol–water partition coefficient (Wildman–Crippen LogP) is 0.687. The fourth-order valence-corrected chi connectivity index (χ4v) is 0.989. The molecular weight excluding hydrogens is 128 g/mol. The van der Waals surface area contributed by atoms with Gasteiger partial charge in [0, 0.05) is 6.54 Å². The van der Waals surface area contributed by atoms with Crippen molar-refractivity contribution in [2.75, 3.05) is 13.7 Å². The van der Waals surface area contributed by atoms with Gasteiger partial charge < -0.3 is 4.84 Å². The molecule has 56 valence electrons. The molecule has 0 heterocycles. The molecule has 0 amide bonds. The van der Waals surface area contributed by atoms with E-state index in [-0.39, 0.29) is 5.92 Å². The number of nitrogens with zero attached hydrogens (tertiary/aromatic N) is 1. The highest BCUT2D eigenvalue weighted by molar-refractivity contribution is 4.94. The first-order valence-corrected chi connectivity index (χ1v) is 3.54. The van der Waals surface area contributed by atoms with Crippen molar-refractivity contribution in [3.05, 3.63) is 0 Å². The van der Waals surface area contributed by atoms with Crippen molar-refractivity contribution < 1.29 is 4.84 Å². The molecule has 0 saturated heterocycles. The highest BCUT2D eigenvalue weighted by atomic mass is 16.6. The summed E-state index contributed by atoms with van der Waals surface area (Å²) >= 11 is 0. The summed E-state index contributed by atoms with van der Waals surface area (Å²) in [5.74, 6) is 0.785. The molecule has 10 heavy (non-hydrogen) atoms. The van der Waals surface area contributed by atoms with Crippen molar-refractivity contribution in [3.63, 3.8) is 0 Å². The molecule has 0 radical (unpaired) electrons. The van der Waals surface area contributed by atoms with Crippen molar-refractivity contribution >= 4 is 0 Å². The summed E-state index contributed by atoms with van der Waals surface area (Å²) in [4.78, 5) is 4.65. The van der Waals surface area contributed by atoms with Crippen LogP contribution >= 0.6 is 0 Å². The Hall–Kier alpha value is -0.590. The number of rotatable bonds is 4.